The van der Waals surface area contributed by atoms with E-state index in [-0.39, 0.29) is 36.9 Å². The zero-order valence-electron chi connectivity index (χ0n) is 13.9. The predicted octanol–water partition coefficient (Wildman–Crippen LogP) is 2.28. The van der Waals surface area contributed by atoms with Crippen LogP contribution >= 0.6 is 0 Å². The Balaban J connectivity index is 1.73. The maximum atomic E-state index is 12.3. The molecular weight excluding hydrogens is 324 g/mol. The Bertz CT molecular complexity index is 680. The van der Waals surface area contributed by atoms with E-state index in [0.29, 0.717) is 12.0 Å². The molecule has 2 fully saturated rings. The smallest absolute Gasteiger partial charge is 0.338 e. The topological polar surface area (TPSA) is 78.9 Å². The highest BCUT2D eigenvalue weighted by molar-refractivity contribution is 5.89. The molecule has 0 unspecified atom stereocenters. The number of rotatable bonds is 5. The molecule has 25 heavy (non-hydrogen) atoms. The quantitative estimate of drug-likeness (QED) is 0.463. The van der Waals surface area contributed by atoms with E-state index in [9.17, 15) is 14.4 Å². The van der Waals surface area contributed by atoms with Gasteiger partial charge in [0, 0.05) is 24.3 Å². The Hall–Kier alpha value is -2.63. The molecule has 4 atom stereocenters. The largest absolute Gasteiger partial charge is 0.463 e. The molecule has 1 aliphatic heterocycles. The number of benzene rings is 1. The van der Waals surface area contributed by atoms with Crippen molar-refractivity contribution < 1.29 is 28.6 Å². The molecule has 0 N–H and O–H groups in total. The minimum Gasteiger partial charge on any atom is -0.463 e. The Kier molecular flexibility index (Phi) is 5.16. The lowest BCUT2D eigenvalue weighted by molar-refractivity contribution is -0.142. The van der Waals surface area contributed by atoms with Crippen molar-refractivity contribution in [1.82, 2.24) is 0 Å². The van der Waals surface area contributed by atoms with Crippen molar-refractivity contribution in [2.75, 3.05) is 6.61 Å². The monoisotopic (exact) mass is 344 g/mol. The molecule has 1 aromatic carbocycles. The van der Waals surface area contributed by atoms with E-state index in [1.165, 1.54) is 6.08 Å². The summed E-state index contributed by atoms with van der Waals surface area (Å²) in [5, 5.41) is 0. The van der Waals surface area contributed by atoms with Gasteiger partial charge in [0.15, 0.2) is 0 Å². The number of ether oxygens (including phenoxy) is 3. The molecule has 2 aliphatic rings. The van der Waals surface area contributed by atoms with Crippen molar-refractivity contribution in [2.24, 2.45) is 11.8 Å². The van der Waals surface area contributed by atoms with E-state index in [1.807, 2.05) is 6.07 Å². The van der Waals surface area contributed by atoms with Crippen LogP contribution in [0, 0.1) is 11.8 Å². The van der Waals surface area contributed by atoms with Gasteiger partial charge in [-0.3, -0.25) is 4.79 Å². The van der Waals surface area contributed by atoms with Gasteiger partial charge in [0.25, 0.3) is 0 Å². The number of esters is 3. The number of hydrogen-bond acceptors (Lipinski definition) is 6. The minimum atomic E-state index is -0.454. The van der Waals surface area contributed by atoms with Gasteiger partial charge in [-0.2, -0.15) is 0 Å². The summed E-state index contributed by atoms with van der Waals surface area (Å²) in [4.78, 5) is 35.5. The van der Waals surface area contributed by atoms with E-state index in [0.717, 1.165) is 0 Å². The van der Waals surface area contributed by atoms with Crippen LogP contribution in [0.3, 0.4) is 0 Å². The van der Waals surface area contributed by atoms with Gasteiger partial charge in [-0.25, -0.2) is 9.59 Å². The number of carbonyl (C=O) groups is 3. The molecule has 1 saturated heterocycles. The van der Waals surface area contributed by atoms with Crippen molar-refractivity contribution in [2.45, 2.75) is 32.0 Å². The van der Waals surface area contributed by atoms with Gasteiger partial charge in [0.1, 0.15) is 12.2 Å². The second-order valence-electron chi connectivity index (χ2n) is 6.13. The summed E-state index contributed by atoms with van der Waals surface area (Å²) in [6.45, 7) is 2.01. The summed E-state index contributed by atoms with van der Waals surface area (Å²) >= 11 is 0. The lowest BCUT2D eigenvalue weighted by Crippen LogP contribution is -2.25. The van der Waals surface area contributed by atoms with Gasteiger partial charge >= 0.3 is 17.9 Å². The van der Waals surface area contributed by atoms with Gasteiger partial charge in [-0.1, -0.05) is 24.3 Å². The van der Waals surface area contributed by atoms with Crippen LogP contribution in [0.15, 0.2) is 42.5 Å². The summed E-state index contributed by atoms with van der Waals surface area (Å²) in [6, 6.07) is 8.71. The number of hydrogen-bond donors (Lipinski definition) is 0. The third-order valence-electron chi connectivity index (χ3n) is 4.56. The zero-order chi connectivity index (χ0) is 17.8. The van der Waals surface area contributed by atoms with Crippen LogP contribution in [-0.4, -0.2) is 36.7 Å². The lowest BCUT2D eigenvalue weighted by atomic mass is 9.91. The Morgan fingerprint density at radius 3 is 2.76 bits per heavy atom. The molecule has 0 spiro atoms. The van der Waals surface area contributed by atoms with E-state index in [4.69, 9.17) is 14.2 Å². The average Bonchev–Trinajstić information content (AvgIpc) is 3.10. The first-order chi connectivity index (χ1) is 12.1. The van der Waals surface area contributed by atoms with Crippen molar-refractivity contribution in [3.63, 3.8) is 0 Å². The molecule has 0 radical (unpaired) electrons. The Morgan fingerprint density at radius 1 is 1.28 bits per heavy atom. The van der Waals surface area contributed by atoms with Crippen LogP contribution in [-0.2, 0) is 23.8 Å². The van der Waals surface area contributed by atoms with Gasteiger partial charge in [-0.05, 0) is 19.1 Å². The fraction of sp³-hybridized carbons (Fsp3) is 0.421. The molecule has 0 bridgehead atoms. The normalized spacial score (nSPS) is 27.8. The van der Waals surface area contributed by atoms with Crippen LogP contribution < -0.4 is 0 Å². The fourth-order valence-corrected chi connectivity index (χ4v) is 3.45. The molecule has 1 heterocycles. The van der Waals surface area contributed by atoms with Gasteiger partial charge in [0.2, 0.25) is 0 Å². The van der Waals surface area contributed by atoms with Crippen LogP contribution in [0.2, 0.25) is 0 Å². The highest BCUT2D eigenvalue weighted by Gasteiger charge is 2.50. The van der Waals surface area contributed by atoms with Crippen molar-refractivity contribution in [3.05, 3.63) is 48.0 Å². The third-order valence-corrected chi connectivity index (χ3v) is 4.56. The average molecular weight is 344 g/mol. The van der Waals surface area contributed by atoms with Crippen molar-refractivity contribution >= 4 is 17.9 Å². The molecule has 3 rings (SSSR count). The number of carbonyl (C=O) groups excluding carboxylic acids is 3. The molecule has 0 amide bonds. The molecule has 132 valence electrons. The first-order valence-electron chi connectivity index (χ1n) is 8.39. The van der Waals surface area contributed by atoms with Crippen molar-refractivity contribution in [1.29, 1.82) is 0 Å². The fourth-order valence-electron chi connectivity index (χ4n) is 3.45. The Morgan fingerprint density at radius 2 is 2.04 bits per heavy atom. The van der Waals surface area contributed by atoms with Crippen LogP contribution in [0.1, 0.15) is 30.1 Å². The molecule has 1 aliphatic carbocycles. The van der Waals surface area contributed by atoms with E-state index in [2.05, 4.69) is 0 Å². The first kappa shape index (κ1) is 17.2. The molecular formula is C19H20O6. The van der Waals surface area contributed by atoms with Gasteiger partial charge < -0.3 is 14.2 Å². The molecule has 1 aromatic rings. The van der Waals surface area contributed by atoms with Crippen LogP contribution in [0.5, 0.6) is 0 Å². The lowest BCUT2D eigenvalue weighted by Gasteiger charge is -2.20. The summed E-state index contributed by atoms with van der Waals surface area (Å²) in [5.41, 5.74) is 0.463. The summed E-state index contributed by atoms with van der Waals surface area (Å²) in [5.74, 6) is -1.48. The summed E-state index contributed by atoms with van der Waals surface area (Å²) in [7, 11) is 0. The SMILES string of the molecule is CCOC(=O)/C=C/[C@@H]1[C@H]2CC(=O)O[C@H]2C[C@H]1OC(=O)c1ccccc1. The van der Waals surface area contributed by atoms with Crippen LogP contribution in [0.4, 0.5) is 0 Å². The highest BCUT2D eigenvalue weighted by Crippen LogP contribution is 2.43. The molecule has 0 aromatic heterocycles. The zero-order valence-corrected chi connectivity index (χ0v) is 13.9. The number of fused-ring (bicyclic) bond motifs is 1. The van der Waals surface area contributed by atoms with E-state index >= 15 is 0 Å². The van der Waals surface area contributed by atoms with Crippen molar-refractivity contribution in [3.8, 4) is 0 Å². The second-order valence-corrected chi connectivity index (χ2v) is 6.13. The molecule has 6 heteroatoms. The van der Waals surface area contributed by atoms with Gasteiger partial charge in [-0.15, -0.1) is 0 Å². The summed E-state index contributed by atoms with van der Waals surface area (Å²) in [6.07, 6.45) is 2.99. The van der Waals surface area contributed by atoms with Gasteiger partial charge in [0.05, 0.1) is 18.6 Å². The summed E-state index contributed by atoms with van der Waals surface area (Å²) < 4.78 is 15.8. The predicted molar refractivity (Wildman–Crippen MR) is 87.5 cm³/mol. The van der Waals surface area contributed by atoms with E-state index in [1.54, 1.807) is 37.3 Å². The molecule has 1 saturated carbocycles. The second kappa shape index (κ2) is 7.51. The molecule has 6 nitrogen and oxygen atoms in total. The minimum absolute atomic E-state index is 0.0910. The van der Waals surface area contributed by atoms with E-state index < -0.39 is 18.0 Å². The first-order valence-corrected chi connectivity index (χ1v) is 8.39. The third kappa shape index (κ3) is 3.90. The maximum absolute atomic E-state index is 12.3. The standard InChI is InChI=1S/C19H20O6/c1-2-23-17(20)9-8-13-14-10-18(21)24-16(14)11-15(13)25-19(22)12-6-4-3-5-7-12/h3-9,13-16H,2,10-11H2,1H3/b9-8+/t13-,14-,15-,16+/m1/s1. The van der Waals surface area contributed by atoms with Crippen LogP contribution in [0.25, 0.3) is 0 Å². The highest BCUT2D eigenvalue weighted by atomic mass is 16.6. The maximum Gasteiger partial charge on any atom is 0.338 e. The Labute approximate surface area is 145 Å².